The van der Waals surface area contributed by atoms with Crippen molar-refractivity contribution in [2.75, 3.05) is 12.4 Å². The van der Waals surface area contributed by atoms with E-state index in [1.165, 1.54) is 16.8 Å². The highest BCUT2D eigenvalue weighted by molar-refractivity contribution is 6.35. The van der Waals surface area contributed by atoms with Crippen LogP contribution in [0, 0.1) is 5.92 Å². The summed E-state index contributed by atoms with van der Waals surface area (Å²) < 4.78 is 11.5. The number of allylic oxidation sites excluding steroid dienone is 2. The Kier molecular flexibility index (Phi) is 7.75. The van der Waals surface area contributed by atoms with Crippen molar-refractivity contribution in [3.05, 3.63) is 128 Å². The Hall–Kier alpha value is -3.44. The van der Waals surface area contributed by atoms with Gasteiger partial charge in [-0.25, -0.2) is 0 Å². The monoisotopic (exact) mass is 588 g/mol. The number of benzene rings is 4. The van der Waals surface area contributed by atoms with Gasteiger partial charge in [0.05, 0.1) is 23.9 Å². The number of anilines is 1. The molecule has 0 spiro atoms. The third-order valence-electron chi connectivity index (χ3n) is 7.53. The molecule has 2 aliphatic rings. The van der Waals surface area contributed by atoms with E-state index in [0.29, 0.717) is 38.4 Å². The molecular formula is C33H27Cl3N2O2. The molecule has 7 heteroatoms. The Labute approximate surface area is 249 Å². The van der Waals surface area contributed by atoms with Crippen LogP contribution in [0.25, 0.3) is 0 Å². The maximum Gasteiger partial charge on any atom is 0.180 e. The zero-order valence-electron chi connectivity index (χ0n) is 21.8. The molecular weight excluding hydrogens is 563 g/mol. The number of fused-ring (bicyclic) bond motifs is 3. The molecule has 202 valence electrons. The van der Waals surface area contributed by atoms with Gasteiger partial charge >= 0.3 is 0 Å². The number of hydrogen-bond acceptors (Lipinski definition) is 4. The molecule has 0 saturated carbocycles. The van der Waals surface area contributed by atoms with Gasteiger partial charge in [0, 0.05) is 33.4 Å². The second-order valence-electron chi connectivity index (χ2n) is 9.97. The first kappa shape index (κ1) is 26.8. The maximum absolute atomic E-state index is 6.58. The number of hydrogen-bond donors (Lipinski definition) is 1. The highest BCUT2D eigenvalue weighted by Gasteiger charge is 2.37. The Balaban J connectivity index is 1.17. The molecule has 0 amide bonds. The van der Waals surface area contributed by atoms with Crippen LogP contribution >= 0.6 is 34.8 Å². The maximum atomic E-state index is 6.58. The zero-order valence-corrected chi connectivity index (χ0v) is 24.0. The van der Waals surface area contributed by atoms with E-state index in [1.54, 1.807) is 31.5 Å². The molecule has 0 aromatic heterocycles. The SMILES string of the molecule is COc1cc(C=Nc2ccc([C@@H]3Nc4ccccc4[C@@H]4C=CC[C@H]43)cc2)cc(Cl)c1OCc1ccc(Cl)cc1Cl. The lowest BCUT2D eigenvalue weighted by atomic mass is 9.77. The normalized spacial score (nSPS) is 19.2. The lowest BCUT2D eigenvalue weighted by molar-refractivity contribution is 0.285. The van der Waals surface area contributed by atoms with E-state index in [0.717, 1.165) is 23.2 Å². The molecule has 1 aliphatic carbocycles. The summed E-state index contributed by atoms with van der Waals surface area (Å²) in [4.78, 5) is 4.68. The quantitative estimate of drug-likeness (QED) is 0.172. The van der Waals surface area contributed by atoms with Gasteiger partial charge in [-0.1, -0.05) is 83.4 Å². The van der Waals surface area contributed by atoms with Gasteiger partial charge in [0.2, 0.25) is 0 Å². The van der Waals surface area contributed by atoms with Crippen molar-refractivity contribution in [1.82, 2.24) is 0 Å². The van der Waals surface area contributed by atoms with Crippen molar-refractivity contribution in [2.24, 2.45) is 10.9 Å². The van der Waals surface area contributed by atoms with Gasteiger partial charge in [0.25, 0.3) is 0 Å². The second-order valence-corrected chi connectivity index (χ2v) is 11.2. The number of nitrogens with one attached hydrogen (secondary N) is 1. The molecule has 0 saturated heterocycles. The average molecular weight is 590 g/mol. The lowest BCUT2D eigenvalue weighted by Gasteiger charge is -2.37. The van der Waals surface area contributed by atoms with E-state index >= 15 is 0 Å². The van der Waals surface area contributed by atoms with Crippen LogP contribution in [0.15, 0.2) is 96.0 Å². The molecule has 1 aliphatic heterocycles. The van der Waals surface area contributed by atoms with Gasteiger partial charge in [-0.3, -0.25) is 4.99 Å². The van der Waals surface area contributed by atoms with Crippen LogP contribution in [0.3, 0.4) is 0 Å². The third-order valence-corrected chi connectivity index (χ3v) is 8.39. The Morgan fingerprint density at radius 1 is 0.950 bits per heavy atom. The molecule has 1 heterocycles. The Morgan fingerprint density at radius 2 is 1.77 bits per heavy atom. The van der Waals surface area contributed by atoms with Crippen LogP contribution in [-0.4, -0.2) is 13.3 Å². The summed E-state index contributed by atoms with van der Waals surface area (Å²) in [6, 6.07) is 26.2. The standard InChI is InChI=1S/C33H27Cl3N2O2/c1-39-31-16-20(15-29(36)33(31)40-19-22-9-12-23(34)17-28(22)35)18-37-24-13-10-21(11-14-24)32-27-7-4-6-25(27)26-5-2-3-8-30(26)38-32/h2-6,8-18,25,27,32,38H,7,19H2,1H3/t25-,27+,32-/m0/s1. The minimum atomic E-state index is 0.227. The summed E-state index contributed by atoms with van der Waals surface area (Å²) in [6.45, 7) is 0.227. The number of rotatable bonds is 7. The molecule has 6 rings (SSSR count). The molecule has 0 fully saturated rings. The van der Waals surface area contributed by atoms with Crippen molar-refractivity contribution < 1.29 is 9.47 Å². The topological polar surface area (TPSA) is 42.8 Å². The van der Waals surface area contributed by atoms with Gasteiger partial charge in [0.1, 0.15) is 6.61 Å². The number of ether oxygens (including phenoxy) is 2. The molecule has 1 N–H and O–H groups in total. The minimum absolute atomic E-state index is 0.227. The first-order chi connectivity index (χ1) is 19.5. The number of methoxy groups -OCH3 is 1. The zero-order chi connectivity index (χ0) is 27.6. The summed E-state index contributed by atoms with van der Waals surface area (Å²) in [5, 5.41) is 5.30. The minimum Gasteiger partial charge on any atom is -0.493 e. The number of aliphatic imine (C=N–C) groups is 1. The van der Waals surface area contributed by atoms with Crippen LogP contribution in [0.2, 0.25) is 15.1 Å². The predicted molar refractivity (Wildman–Crippen MR) is 165 cm³/mol. The van der Waals surface area contributed by atoms with Crippen molar-refractivity contribution in [3.8, 4) is 11.5 Å². The Bertz CT molecular complexity index is 1600. The highest BCUT2D eigenvalue weighted by Crippen LogP contribution is 2.49. The fourth-order valence-electron chi connectivity index (χ4n) is 5.53. The third kappa shape index (κ3) is 5.44. The predicted octanol–water partition coefficient (Wildman–Crippen LogP) is 9.81. The van der Waals surface area contributed by atoms with Gasteiger partial charge in [-0.15, -0.1) is 0 Å². The van der Waals surface area contributed by atoms with E-state index in [1.807, 2.05) is 12.1 Å². The first-order valence-electron chi connectivity index (χ1n) is 13.1. The molecule has 4 nitrogen and oxygen atoms in total. The molecule has 4 aromatic carbocycles. The van der Waals surface area contributed by atoms with E-state index in [2.05, 4.69) is 71.0 Å². The van der Waals surface area contributed by atoms with Crippen LogP contribution in [0.5, 0.6) is 11.5 Å². The number of halogens is 3. The Morgan fingerprint density at radius 3 is 2.58 bits per heavy atom. The van der Waals surface area contributed by atoms with Crippen molar-refractivity contribution >= 4 is 52.4 Å². The number of nitrogens with zero attached hydrogens (tertiary/aromatic N) is 1. The van der Waals surface area contributed by atoms with Gasteiger partial charge in [-0.2, -0.15) is 0 Å². The van der Waals surface area contributed by atoms with E-state index < -0.39 is 0 Å². The largest absolute Gasteiger partial charge is 0.493 e. The molecule has 0 unspecified atom stereocenters. The second kappa shape index (κ2) is 11.6. The van der Waals surface area contributed by atoms with Crippen molar-refractivity contribution in [1.29, 1.82) is 0 Å². The van der Waals surface area contributed by atoms with Crippen molar-refractivity contribution in [2.45, 2.75) is 25.0 Å². The lowest BCUT2D eigenvalue weighted by Crippen LogP contribution is -2.28. The summed E-state index contributed by atoms with van der Waals surface area (Å²) in [6.07, 6.45) is 7.52. The van der Waals surface area contributed by atoms with Crippen molar-refractivity contribution in [3.63, 3.8) is 0 Å². The van der Waals surface area contributed by atoms with Crippen LogP contribution in [0.1, 0.15) is 40.6 Å². The summed E-state index contributed by atoms with van der Waals surface area (Å²) in [5.74, 6) is 1.92. The van der Waals surface area contributed by atoms with Gasteiger partial charge < -0.3 is 14.8 Å². The smallest absolute Gasteiger partial charge is 0.180 e. The van der Waals surface area contributed by atoms with E-state index in [9.17, 15) is 0 Å². The van der Waals surface area contributed by atoms with Crippen LogP contribution in [-0.2, 0) is 6.61 Å². The number of para-hydroxylation sites is 1. The molecule has 3 atom stereocenters. The summed E-state index contributed by atoms with van der Waals surface area (Å²) in [5.41, 5.74) is 6.32. The molecule has 0 bridgehead atoms. The van der Waals surface area contributed by atoms with E-state index in [4.69, 9.17) is 44.3 Å². The first-order valence-corrected chi connectivity index (χ1v) is 14.2. The fourth-order valence-corrected chi connectivity index (χ4v) is 6.27. The molecule has 4 aromatic rings. The average Bonchev–Trinajstić information content (AvgIpc) is 3.46. The van der Waals surface area contributed by atoms with Gasteiger partial charge in [-0.05, 0) is 71.5 Å². The van der Waals surface area contributed by atoms with Crippen LogP contribution in [0.4, 0.5) is 11.4 Å². The molecule has 0 radical (unpaired) electrons. The molecule has 40 heavy (non-hydrogen) atoms. The summed E-state index contributed by atoms with van der Waals surface area (Å²) in [7, 11) is 1.58. The fraction of sp³-hybridized carbons (Fsp3) is 0.182. The van der Waals surface area contributed by atoms with Gasteiger partial charge in [0.15, 0.2) is 11.5 Å². The summed E-state index contributed by atoms with van der Waals surface area (Å²) >= 11 is 18.9. The van der Waals surface area contributed by atoms with Crippen LogP contribution < -0.4 is 14.8 Å². The van der Waals surface area contributed by atoms with E-state index in [-0.39, 0.29) is 12.6 Å². The highest BCUT2D eigenvalue weighted by atomic mass is 35.5.